The predicted octanol–water partition coefficient (Wildman–Crippen LogP) is 4.28. The van der Waals surface area contributed by atoms with E-state index in [2.05, 4.69) is 18.8 Å². The normalized spacial score (nSPS) is 24.1. The Labute approximate surface area is 112 Å². The number of hydrogen-bond donors (Lipinski definition) is 0. The summed E-state index contributed by atoms with van der Waals surface area (Å²) in [4.78, 5) is 16.2. The molecular weight excluding hydrogens is 222 g/mol. The smallest absolute Gasteiger partial charge is 0.157 e. The maximum Gasteiger partial charge on any atom is 0.157 e. The van der Waals surface area contributed by atoms with Crippen molar-refractivity contribution in [2.75, 3.05) is 6.54 Å². The molecule has 1 fully saturated rings. The van der Waals surface area contributed by atoms with Gasteiger partial charge in [-0.25, -0.2) is 0 Å². The van der Waals surface area contributed by atoms with Crippen LogP contribution in [0, 0.1) is 17.8 Å². The molecular formula is C16H29NO. The van der Waals surface area contributed by atoms with E-state index in [1.165, 1.54) is 25.7 Å². The van der Waals surface area contributed by atoms with Crippen LogP contribution in [0.15, 0.2) is 4.99 Å². The fraction of sp³-hybridized carbons (Fsp3) is 0.875. The van der Waals surface area contributed by atoms with Crippen LogP contribution in [0.25, 0.3) is 0 Å². The van der Waals surface area contributed by atoms with Crippen LogP contribution in [0.4, 0.5) is 0 Å². The quantitative estimate of drug-likeness (QED) is 0.648. The van der Waals surface area contributed by atoms with Crippen molar-refractivity contribution in [2.45, 2.75) is 66.2 Å². The van der Waals surface area contributed by atoms with E-state index in [1.807, 2.05) is 13.8 Å². The Balaban J connectivity index is 2.26. The molecule has 0 radical (unpaired) electrons. The summed E-state index contributed by atoms with van der Waals surface area (Å²) in [6.45, 7) is 8.90. The van der Waals surface area contributed by atoms with Gasteiger partial charge in [0.25, 0.3) is 0 Å². The highest BCUT2D eigenvalue weighted by Gasteiger charge is 2.25. The molecule has 0 atom stereocenters. The number of Topliss-reactive ketones (excluding diaryl/α,β-unsaturated/α-hetero) is 1. The summed E-state index contributed by atoms with van der Waals surface area (Å²) < 4.78 is 0. The monoisotopic (exact) mass is 251 g/mol. The van der Waals surface area contributed by atoms with Gasteiger partial charge in [-0.15, -0.1) is 0 Å². The second kappa shape index (κ2) is 7.70. The number of carbonyl (C=O) groups excluding carboxylic acids is 1. The highest BCUT2D eigenvalue weighted by atomic mass is 16.1. The summed E-state index contributed by atoms with van der Waals surface area (Å²) in [6, 6.07) is 0. The van der Waals surface area contributed by atoms with Crippen LogP contribution >= 0.6 is 0 Å². The number of rotatable bonds is 6. The molecule has 1 saturated carbocycles. The van der Waals surface area contributed by atoms with E-state index in [9.17, 15) is 4.79 Å². The van der Waals surface area contributed by atoms with E-state index in [0.29, 0.717) is 18.2 Å². The average molecular weight is 251 g/mol. The average Bonchev–Trinajstić information content (AvgIpc) is 2.34. The highest BCUT2D eigenvalue weighted by molar-refractivity contribution is 5.87. The van der Waals surface area contributed by atoms with Gasteiger partial charge in [-0.1, -0.05) is 26.7 Å². The minimum atomic E-state index is 0.295. The molecule has 18 heavy (non-hydrogen) atoms. The van der Waals surface area contributed by atoms with Crippen LogP contribution in [-0.2, 0) is 4.79 Å². The molecule has 0 aromatic heterocycles. The van der Waals surface area contributed by atoms with Crippen molar-refractivity contribution in [3.05, 3.63) is 0 Å². The number of aliphatic imine (C=N–C) groups is 1. The van der Waals surface area contributed by atoms with Gasteiger partial charge in [-0.05, 0) is 51.4 Å². The molecule has 2 heteroatoms. The molecule has 0 bridgehead atoms. The Bertz CT molecular complexity index is 281. The topological polar surface area (TPSA) is 29.4 Å². The van der Waals surface area contributed by atoms with Crippen molar-refractivity contribution < 1.29 is 4.79 Å². The van der Waals surface area contributed by atoms with E-state index in [-0.39, 0.29) is 0 Å². The predicted molar refractivity (Wildman–Crippen MR) is 78.2 cm³/mol. The molecule has 1 aliphatic carbocycles. The summed E-state index contributed by atoms with van der Waals surface area (Å²) >= 11 is 0. The molecule has 0 saturated heterocycles. The first kappa shape index (κ1) is 15.4. The van der Waals surface area contributed by atoms with E-state index in [4.69, 9.17) is 0 Å². The maximum absolute atomic E-state index is 12.0. The lowest BCUT2D eigenvalue weighted by Gasteiger charge is -2.27. The van der Waals surface area contributed by atoms with Gasteiger partial charge in [0, 0.05) is 11.6 Å². The fourth-order valence-corrected chi connectivity index (χ4v) is 2.71. The third-order valence-corrected chi connectivity index (χ3v) is 4.01. The number of nitrogens with zero attached hydrogens (tertiary/aromatic N) is 1. The van der Waals surface area contributed by atoms with Crippen LogP contribution in [0.2, 0.25) is 0 Å². The molecule has 1 rings (SSSR count). The van der Waals surface area contributed by atoms with Gasteiger partial charge in [-0.2, -0.15) is 0 Å². The SMILES string of the molecule is CC(C)=NCC(=O)C1CCC(CCC(C)C)CC1. The first-order chi connectivity index (χ1) is 8.49. The van der Waals surface area contributed by atoms with Crippen LogP contribution in [0.5, 0.6) is 0 Å². The standard InChI is InChI=1S/C16H29NO/c1-12(2)5-6-14-7-9-15(10-8-14)16(18)11-17-13(3)4/h12,14-15H,5-11H2,1-4H3. The summed E-state index contributed by atoms with van der Waals surface area (Å²) in [6.07, 6.45) is 7.38. The van der Waals surface area contributed by atoms with E-state index in [1.54, 1.807) is 0 Å². The Hall–Kier alpha value is -0.660. The summed E-state index contributed by atoms with van der Waals surface area (Å²) in [5, 5.41) is 0. The lowest BCUT2D eigenvalue weighted by Crippen LogP contribution is -2.24. The van der Waals surface area contributed by atoms with Gasteiger partial charge in [0.2, 0.25) is 0 Å². The lowest BCUT2D eigenvalue weighted by atomic mass is 9.77. The van der Waals surface area contributed by atoms with Gasteiger partial charge in [0.1, 0.15) is 0 Å². The third-order valence-electron chi connectivity index (χ3n) is 4.01. The molecule has 0 unspecified atom stereocenters. The van der Waals surface area contributed by atoms with Gasteiger partial charge in [-0.3, -0.25) is 9.79 Å². The van der Waals surface area contributed by atoms with E-state index >= 15 is 0 Å². The zero-order valence-corrected chi connectivity index (χ0v) is 12.5. The third kappa shape index (κ3) is 5.79. The first-order valence-electron chi connectivity index (χ1n) is 7.49. The molecule has 2 nitrogen and oxygen atoms in total. The van der Waals surface area contributed by atoms with Crippen LogP contribution in [-0.4, -0.2) is 18.0 Å². The largest absolute Gasteiger partial charge is 0.297 e. The molecule has 0 amide bonds. The minimum Gasteiger partial charge on any atom is -0.297 e. The van der Waals surface area contributed by atoms with Crippen LogP contribution in [0.1, 0.15) is 66.2 Å². The van der Waals surface area contributed by atoms with Crippen LogP contribution < -0.4 is 0 Å². The fourth-order valence-electron chi connectivity index (χ4n) is 2.71. The number of ketones is 1. The van der Waals surface area contributed by atoms with Gasteiger partial charge in [0.05, 0.1) is 6.54 Å². The molecule has 0 aromatic rings. The van der Waals surface area contributed by atoms with Crippen LogP contribution in [0.3, 0.4) is 0 Å². The van der Waals surface area contributed by atoms with Crippen molar-refractivity contribution in [3.63, 3.8) is 0 Å². The summed E-state index contributed by atoms with van der Waals surface area (Å²) in [5.41, 5.74) is 1.01. The molecule has 0 aromatic carbocycles. The molecule has 0 N–H and O–H groups in total. The second-order valence-electron chi connectivity index (χ2n) is 6.42. The minimum absolute atomic E-state index is 0.295. The summed E-state index contributed by atoms with van der Waals surface area (Å²) in [7, 11) is 0. The highest BCUT2D eigenvalue weighted by Crippen LogP contribution is 2.32. The van der Waals surface area contributed by atoms with Crippen molar-refractivity contribution in [1.29, 1.82) is 0 Å². The zero-order valence-electron chi connectivity index (χ0n) is 12.5. The molecule has 0 aliphatic heterocycles. The molecule has 104 valence electrons. The lowest BCUT2D eigenvalue weighted by molar-refractivity contribution is -0.122. The zero-order chi connectivity index (χ0) is 13.5. The van der Waals surface area contributed by atoms with Crippen molar-refractivity contribution in [2.24, 2.45) is 22.7 Å². The van der Waals surface area contributed by atoms with Crippen molar-refractivity contribution >= 4 is 11.5 Å². The van der Waals surface area contributed by atoms with Crippen molar-refractivity contribution in [1.82, 2.24) is 0 Å². The number of carbonyl (C=O) groups is 1. The van der Waals surface area contributed by atoms with E-state index < -0.39 is 0 Å². The Morgan fingerprint density at radius 3 is 2.28 bits per heavy atom. The van der Waals surface area contributed by atoms with Gasteiger partial charge < -0.3 is 0 Å². The van der Waals surface area contributed by atoms with Crippen molar-refractivity contribution in [3.8, 4) is 0 Å². The molecule has 0 spiro atoms. The van der Waals surface area contributed by atoms with Gasteiger partial charge in [0.15, 0.2) is 5.78 Å². The molecule has 0 heterocycles. The van der Waals surface area contributed by atoms with Gasteiger partial charge >= 0.3 is 0 Å². The Morgan fingerprint density at radius 2 is 1.78 bits per heavy atom. The van der Waals surface area contributed by atoms with E-state index in [0.717, 1.165) is 30.4 Å². The Morgan fingerprint density at radius 1 is 1.17 bits per heavy atom. The summed E-state index contributed by atoms with van der Waals surface area (Å²) in [5.74, 6) is 2.33. The number of hydrogen-bond acceptors (Lipinski definition) is 2. The molecule has 1 aliphatic rings. The Kier molecular flexibility index (Phi) is 6.59. The first-order valence-corrected chi connectivity index (χ1v) is 7.49. The maximum atomic E-state index is 12.0. The second-order valence-corrected chi connectivity index (χ2v) is 6.42.